The highest BCUT2D eigenvalue weighted by Gasteiger charge is 2.28. The first-order valence-electron chi connectivity index (χ1n) is 9.93. The Kier molecular flexibility index (Phi) is 4.61. The Bertz CT molecular complexity index is 1010. The molecule has 1 aromatic carbocycles. The van der Waals surface area contributed by atoms with E-state index in [0.717, 1.165) is 46.7 Å². The predicted molar refractivity (Wildman–Crippen MR) is 110 cm³/mol. The number of carbonyl (C=O) groups is 1. The van der Waals surface area contributed by atoms with Gasteiger partial charge >= 0.3 is 5.97 Å². The SMILES string of the molecule is O=C(O)c1cc2[nH]c(-c3ccccc3OC[C@@H]3CO3)c(C3CCCCC3)c2s1. The van der Waals surface area contributed by atoms with Gasteiger partial charge in [-0.05, 0) is 42.5 Å². The Morgan fingerprint density at radius 1 is 1.25 bits per heavy atom. The lowest BCUT2D eigenvalue weighted by Gasteiger charge is -2.23. The minimum absolute atomic E-state index is 0.205. The Morgan fingerprint density at radius 3 is 2.79 bits per heavy atom. The van der Waals surface area contributed by atoms with E-state index in [1.807, 2.05) is 18.2 Å². The maximum Gasteiger partial charge on any atom is 0.345 e. The van der Waals surface area contributed by atoms with Crippen LogP contribution in [0.1, 0.15) is 53.3 Å². The normalized spacial score (nSPS) is 19.8. The Labute approximate surface area is 167 Å². The third-order valence-corrected chi connectivity index (χ3v) is 6.87. The van der Waals surface area contributed by atoms with E-state index < -0.39 is 5.97 Å². The third-order valence-electron chi connectivity index (χ3n) is 5.71. The smallest absolute Gasteiger partial charge is 0.345 e. The van der Waals surface area contributed by atoms with Gasteiger partial charge in [0.15, 0.2) is 0 Å². The summed E-state index contributed by atoms with van der Waals surface area (Å²) in [6.45, 7) is 1.33. The van der Waals surface area contributed by atoms with Crippen LogP contribution in [0.3, 0.4) is 0 Å². The lowest BCUT2D eigenvalue weighted by atomic mass is 9.83. The van der Waals surface area contributed by atoms with Crippen LogP contribution in [-0.2, 0) is 4.74 Å². The zero-order valence-corrected chi connectivity index (χ0v) is 16.4. The highest BCUT2D eigenvalue weighted by Crippen LogP contribution is 2.46. The number of aromatic nitrogens is 1. The highest BCUT2D eigenvalue weighted by molar-refractivity contribution is 7.21. The molecule has 1 atom stereocenters. The molecule has 1 saturated heterocycles. The standard InChI is InChI=1S/C22H23NO4S/c24-22(25)18-10-16-21(28-18)19(13-6-2-1-3-7-13)20(23-16)15-8-4-5-9-17(15)27-12-14-11-26-14/h4-5,8-10,13-14,23H,1-3,6-7,11-12H2,(H,24,25)/t14-/m0/s1. The van der Waals surface area contributed by atoms with Crippen molar-refractivity contribution in [3.05, 3.63) is 40.8 Å². The number of aromatic carboxylic acids is 1. The van der Waals surface area contributed by atoms with E-state index in [4.69, 9.17) is 9.47 Å². The minimum Gasteiger partial charge on any atom is -0.490 e. The average molecular weight is 397 g/mol. The number of carboxylic acid groups (broad SMARTS) is 1. The first-order valence-corrected chi connectivity index (χ1v) is 10.7. The molecule has 5 rings (SSSR count). The van der Waals surface area contributed by atoms with Gasteiger partial charge in [-0.3, -0.25) is 0 Å². The molecule has 3 heterocycles. The van der Waals surface area contributed by atoms with Crippen LogP contribution >= 0.6 is 11.3 Å². The molecular weight excluding hydrogens is 374 g/mol. The summed E-state index contributed by atoms with van der Waals surface area (Å²) in [5, 5.41) is 9.43. The second-order valence-electron chi connectivity index (χ2n) is 7.67. The van der Waals surface area contributed by atoms with Crippen LogP contribution in [0.15, 0.2) is 30.3 Å². The Hall–Kier alpha value is -2.31. The monoisotopic (exact) mass is 397 g/mol. The fraction of sp³-hybridized carbons (Fsp3) is 0.409. The molecule has 2 aliphatic rings. The molecule has 2 fully saturated rings. The largest absolute Gasteiger partial charge is 0.490 e. The molecule has 1 saturated carbocycles. The Morgan fingerprint density at radius 2 is 2.04 bits per heavy atom. The second-order valence-corrected chi connectivity index (χ2v) is 8.72. The highest BCUT2D eigenvalue weighted by atomic mass is 32.1. The van der Waals surface area contributed by atoms with Gasteiger partial charge < -0.3 is 19.6 Å². The zero-order chi connectivity index (χ0) is 19.1. The number of H-pyrrole nitrogens is 1. The number of hydrogen-bond acceptors (Lipinski definition) is 4. The van der Waals surface area contributed by atoms with Gasteiger partial charge in [-0.25, -0.2) is 4.79 Å². The molecule has 5 nitrogen and oxygen atoms in total. The topological polar surface area (TPSA) is 74.8 Å². The van der Waals surface area contributed by atoms with E-state index in [-0.39, 0.29) is 6.10 Å². The molecule has 0 bridgehead atoms. The molecular formula is C22H23NO4S. The number of thiophene rings is 1. The van der Waals surface area contributed by atoms with Crippen molar-refractivity contribution >= 4 is 27.5 Å². The van der Waals surface area contributed by atoms with Crippen molar-refractivity contribution in [2.24, 2.45) is 0 Å². The number of epoxide rings is 1. The number of fused-ring (bicyclic) bond motifs is 1. The fourth-order valence-corrected chi connectivity index (χ4v) is 5.33. The van der Waals surface area contributed by atoms with Gasteiger partial charge in [0.1, 0.15) is 23.3 Å². The third kappa shape index (κ3) is 3.31. The van der Waals surface area contributed by atoms with E-state index in [2.05, 4.69) is 11.1 Å². The van der Waals surface area contributed by atoms with E-state index in [1.54, 1.807) is 6.07 Å². The number of nitrogens with one attached hydrogen (secondary N) is 1. The number of ether oxygens (including phenoxy) is 2. The number of aromatic amines is 1. The maximum absolute atomic E-state index is 11.5. The number of rotatable bonds is 6. The summed E-state index contributed by atoms with van der Waals surface area (Å²) >= 11 is 1.38. The Balaban J connectivity index is 1.62. The fourth-order valence-electron chi connectivity index (χ4n) is 4.24. The van der Waals surface area contributed by atoms with Gasteiger partial charge in [0.2, 0.25) is 0 Å². The van der Waals surface area contributed by atoms with Gasteiger partial charge in [-0.2, -0.15) is 0 Å². The quantitative estimate of drug-likeness (QED) is 0.545. The molecule has 1 aliphatic heterocycles. The summed E-state index contributed by atoms with van der Waals surface area (Å²) in [7, 11) is 0. The molecule has 6 heteroatoms. The van der Waals surface area contributed by atoms with Crippen LogP contribution in [0.4, 0.5) is 0 Å². The molecule has 3 aromatic rings. The van der Waals surface area contributed by atoms with Crippen molar-refractivity contribution < 1.29 is 19.4 Å². The maximum atomic E-state index is 11.5. The van der Waals surface area contributed by atoms with E-state index in [1.165, 1.54) is 36.2 Å². The van der Waals surface area contributed by atoms with Gasteiger partial charge in [0.25, 0.3) is 0 Å². The summed E-state index contributed by atoms with van der Waals surface area (Å²) in [4.78, 5) is 15.4. The molecule has 2 aromatic heterocycles. The van der Waals surface area contributed by atoms with Crippen LogP contribution < -0.4 is 4.74 Å². The summed E-state index contributed by atoms with van der Waals surface area (Å²) in [6, 6.07) is 9.86. The van der Waals surface area contributed by atoms with Crippen LogP contribution in [0.5, 0.6) is 5.75 Å². The van der Waals surface area contributed by atoms with Gasteiger partial charge in [0.05, 0.1) is 22.5 Å². The first kappa shape index (κ1) is 17.8. The lowest BCUT2D eigenvalue weighted by Crippen LogP contribution is -2.07. The van der Waals surface area contributed by atoms with Crippen LogP contribution in [0, 0.1) is 0 Å². The van der Waals surface area contributed by atoms with E-state index in [0.29, 0.717) is 17.4 Å². The molecule has 2 N–H and O–H groups in total. The number of carboxylic acids is 1. The lowest BCUT2D eigenvalue weighted by molar-refractivity contribution is 0.0702. The molecule has 1 aliphatic carbocycles. The van der Waals surface area contributed by atoms with Crippen LogP contribution in [0.25, 0.3) is 21.5 Å². The first-order chi connectivity index (χ1) is 13.7. The van der Waals surface area contributed by atoms with Crippen molar-refractivity contribution in [2.45, 2.75) is 44.1 Å². The summed E-state index contributed by atoms with van der Waals surface area (Å²) in [5.74, 6) is 0.443. The van der Waals surface area contributed by atoms with E-state index >= 15 is 0 Å². The molecule has 0 unspecified atom stereocenters. The predicted octanol–water partition coefficient (Wildman–Crippen LogP) is 5.42. The number of benzene rings is 1. The van der Waals surface area contributed by atoms with Crippen molar-refractivity contribution in [3.63, 3.8) is 0 Å². The average Bonchev–Trinajstić information content (AvgIpc) is 3.34. The minimum atomic E-state index is -0.862. The molecule has 0 spiro atoms. The van der Waals surface area contributed by atoms with Crippen LogP contribution in [-0.4, -0.2) is 35.4 Å². The zero-order valence-electron chi connectivity index (χ0n) is 15.6. The summed E-state index contributed by atoms with van der Waals surface area (Å²) in [6.07, 6.45) is 6.25. The van der Waals surface area contributed by atoms with Crippen molar-refractivity contribution in [3.8, 4) is 17.0 Å². The number of para-hydroxylation sites is 1. The second kappa shape index (κ2) is 7.26. The molecule has 28 heavy (non-hydrogen) atoms. The van der Waals surface area contributed by atoms with Crippen molar-refractivity contribution in [1.29, 1.82) is 0 Å². The van der Waals surface area contributed by atoms with Crippen molar-refractivity contribution in [1.82, 2.24) is 4.98 Å². The van der Waals surface area contributed by atoms with Gasteiger partial charge in [0, 0.05) is 5.56 Å². The van der Waals surface area contributed by atoms with Gasteiger partial charge in [-0.15, -0.1) is 11.3 Å². The molecule has 0 amide bonds. The summed E-state index contributed by atoms with van der Waals surface area (Å²) in [5.41, 5.74) is 4.31. The van der Waals surface area contributed by atoms with Crippen molar-refractivity contribution in [2.75, 3.05) is 13.2 Å². The van der Waals surface area contributed by atoms with E-state index in [9.17, 15) is 9.90 Å². The molecule has 146 valence electrons. The van der Waals surface area contributed by atoms with Crippen LogP contribution in [0.2, 0.25) is 0 Å². The summed E-state index contributed by atoms with van der Waals surface area (Å²) < 4.78 is 12.4. The van der Waals surface area contributed by atoms with Gasteiger partial charge in [-0.1, -0.05) is 31.4 Å². The number of hydrogen-bond donors (Lipinski definition) is 2. The molecule has 0 radical (unpaired) electrons.